The zero-order valence-electron chi connectivity index (χ0n) is 9.55. The first kappa shape index (κ1) is 13.6. The molecule has 0 radical (unpaired) electrons. The summed E-state index contributed by atoms with van der Waals surface area (Å²) in [5.41, 5.74) is 1.81. The van der Waals surface area contributed by atoms with E-state index >= 15 is 0 Å². The molecule has 16 heavy (non-hydrogen) atoms. The van der Waals surface area contributed by atoms with Crippen molar-refractivity contribution >= 4 is 33.6 Å². The number of aryl methyl sites for hydroxylation is 1. The monoisotopic (exact) mass is 301 g/mol. The van der Waals surface area contributed by atoms with E-state index in [1.54, 1.807) is 11.8 Å². The number of carbonyl (C=O) groups excluding carboxylic acids is 1. The van der Waals surface area contributed by atoms with Gasteiger partial charge in [-0.3, -0.25) is 4.79 Å². The normalized spacial score (nSPS) is 10.2. The topological polar surface area (TPSA) is 29.1 Å². The van der Waals surface area contributed by atoms with E-state index in [0.717, 1.165) is 34.3 Å². The third-order valence-corrected chi connectivity index (χ3v) is 3.27. The lowest BCUT2D eigenvalue weighted by Gasteiger charge is -2.06. The molecule has 0 aliphatic carbocycles. The van der Waals surface area contributed by atoms with Gasteiger partial charge in [0.1, 0.15) is 0 Å². The number of carbonyl (C=O) groups is 1. The number of amides is 1. The molecule has 0 aromatic heterocycles. The van der Waals surface area contributed by atoms with Crippen LogP contribution in [-0.4, -0.2) is 24.5 Å². The first-order valence-corrected chi connectivity index (χ1v) is 7.36. The van der Waals surface area contributed by atoms with Crippen molar-refractivity contribution in [1.29, 1.82) is 0 Å². The molecule has 0 saturated carbocycles. The van der Waals surface area contributed by atoms with Crippen LogP contribution >= 0.6 is 27.7 Å². The number of rotatable bonds is 5. The van der Waals surface area contributed by atoms with Crippen LogP contribution in [0.25, 0.3) is 0 Å². The van der Waals surface area contributed by atoms with E-state index in [2.05, 4.69) is 27.5 Å². The lowest BCUT2D eigenvalue weighted by molar-refractivity contribution is 0.0953. The first-order chi connectivity index (χ1) is 7.63. The summed E-state index contributed by atoms with van der Waals surface area (Å²) in [7, 11) is 0. The number of nitrogens with one attached hydrogen (secondary N) is 1. The second-order valence-electron chi connectivity index (χ2n) is 3.62. The van der Waals surface area contributed by atoms with E-state index in [0.29, 0.717) is 0 Å². The van der Waals surface area contributed by atoms with Gasteiger partial charge in [-0.1, -0.05) is 15.9 Å². The zero-order valence-corrected chi connectivity index (χ0v) is 12.0. The smallest absolute Gasteiger partial charge is 0.251 e. The summed E-state index contributed by atoms with van der Waals surface area (Å²) in [6, 6.07) is 5.73. The van der Waals surface area contributed by atoms with Gasteiger partial charge in [-0.25, -0.2) is 0 Å². The minimum atomic E-state index is 0.00510. The van der Waals surface area contributed by atoms with Gasteiger partial charge in [-0.2, -0.15) is 11.8 Å². The first-order valence-electron chi connectivity index (χ1n) is 5.18. The van der Waals surface area contributed by atoms with Gasteiger partial charge in [0.05, 0.1) is 0 Å². The molecule has 1 aromatic carbocycles. The number of hydrogen-bond donors (Lipinski definition) is 1. The maximum Gasteiger partial charge on any atom is 0.251 e. The summed E-state index contributed by atoms with van der Waals surface area (Å²) in [4.78, 5) is 11.8. The van der Waals surface area contributed by atoms with Crippen LogP contribution in [0.3, 0.4) is 0 Å². The van der Waals surface area contributed by atoms with Crippen molar-refractivity contribution in [1.82, 2.24) is 5.32 Å². The predicted octanol–water partition coefficient (Wildman–Crippen LogP) is 3.24. The number of benzene rings is 1. The molecular weight excluding hydrogens is 286 g/mol. The lowest BCUT2D eigenvalue weighted by Crippen LogP contribution is -2.24. The van der Waals surface area contributed by atoms with Gasteiger partial charge in [-0.05, 0) is 49.1 Å². The maximum atomic E-state index is 11.8. The van der Waals surface area contributed by atoms with Crippen LogP contribution in [0.5, 0.6) is 0 Å². The fraction of sp³-hybridized carbons (Fsp3) is 0.417. The molecule has 0 heterocycles. The van der Waals surface area contributed by atoms with Crippen LogP contribution in [0.15, 0.2) is 22.7 Å². The van der Waals surface area contributed by atoms with Gasteiger partial charge in [0.15, 0.2) is 0 Å². The molecule has 2 nitrogen and oxygen atoms in total. The Balaban J connectivity index is 2.52. The molecule has 0 aliphatic rings. The average molecular weight is 302 g/mol. The Morgan fingerprint density at radius 3 is 2.81 bits per heavy atom. The molecule has 0 atom stereocenters. The van der Waals surface area contributed by atoms with Gasteiger partial charge in [0.2, 0.25) is 0 Å². The van der Waals surface area contributed by atoms with Crippen LogP contribution in [0.4, 0.5) is 0 Å². The Morgan fingerprint density at radius 1 is 1.44 bits per heavy atom. The molecule has 4 heteroatoms. The molecule has 1 N–H and O–H groups in total. The molecule has 1 aromatic rings. The predicted molar refractivity (Wildman–Crippen MR) is 74.2 cm³/mol. The number of halogens is 1. The average Bonchev–Trinajstić information content (AvgIpc) is 2.22. The molecule has 1 amide bonds. The Morgan fingerprint density at radius 2 is 2.19 bits per heavy atom. The van der Waals surface area contributed by atoms with Gasteiger partial charge < -0.3 is 5.32 Å². The molecule has 1 rings (SSSR count). The van der Waals surface area contributed by atoms with Crippen molar-refractivity contribution < 1.29 is 4.79 Å². The highest BCUT2D eigenvalue weighted by Gasteiger charge is 2.05. The van der Waals surface area contributed by atoms with E-state index in [4.69, 9.17) is 0 Å². The lowest BCUT2D eigenvalue weighted by atomic mass is 10.1. The maximum absolute atomic E-state index is 11.8. The Hall–Kier alpha value is -0.480. The second-order valence-corrected chi connectivity index (χ2v) is 5.52. The molecule has 0 spiro atoms. The van der Waals surface area contributed by atoms with Gasteiger partial charge >= 0.3 is 0 Å². The SMILES string of the molecule is CSCCCNC(=O)c1cc(C)cc(Br)c1. The van der Waals surface area contributed by atoms with Crippen molar-refractivity contribution in [2.24, 2.45) is 0 Å². The van der Waals surface area contributed by atoms with E-state index in [-0.39, 0.29) is 5.91 Å². The molecular formula is C12H16BrNOS. The van der Waals surface area contributed by atoms with Gasteiger partial charge in [0.25, 0.3) is 5.91 Å². The van der Waals surface area contributed by atoms with Gasteiger partial charge in [0, 0.05) is 16.6 Å². The van der Waals surface area contributed by atoms with Crippen LogP contribution in [0, 0.1) is 6.92 Å². The molecule has 0 unspecified atom stereocenters. The van der Waals surface area contributed by atoms with E-state index in [1.165, 1.54) is 0 Å². The highest BCUT2D eigenvalue weighted by atomic mass is 79.9. The van der Waals surface area contributed by atoms with E-state index in [1.807, 2.05) is 25.1 Å². The molecule has 0 bridgehead atoms. The molecule has 0 aliphatic heterocycles. The third-order valence-electron chi connectivity index (χ3n) is 2.12. The number of hydrogen-bond acceptors (Lipinski definition) is 2. The van der Waals surface area contributed by atoms with Crippen LogP contribution in [0.1, 0.15) is 22.3 Å². The summed E-state index contributed by atoms with van der Waals surface area (Å²) in [5, 5.41) is 2.92. The molecule has 0 saturated heterocycles. The minimum absolute atomic E-state index is 0.00510. The second kappa shape index (κ2) is 6.97. The zero-order chi connectivity index (χ0) is 12.0. The Labute approximate surface area is 109 Å². The van der Waals surface area contributed by atoms with Crippen molar-refractivity contribution in [3.8, 4) is 0 Å². The summed E-state index contributed by atoms with van der Waals surface area (Å²) in [6.07, 6.45) is 3.08. The summed E-state index contributed by atoms with van der Waals surface area (Å²) in [6.45, 7) is 2.72. The largest absolute Gasteiger partial charge is 0.352 e. The standard InChI is InChI=1S/C12H16BrNOS/c1-9-6-10(8-11(13)7-9)12(15)14-4-3-5-16-2/h6-8H,3-5H2,1-2H3,(H,14,15). The molecule has 0 fully saturated rings. The highest BCUT2D eigenvalue weighted by Crippen LogP contribution is 2.15. The third kappa shape index (κ3) is 4.58. The fourth-order valence-corrected chi connectivity index (χ4v) is 2.43. The van der Waals surface area contributed by atoms with Crippen LogP contribution in [0.2, 0.25) is 0 Å². The van der Waals surface area contributed by atoms with Crippen LogP contribution in [-0.2, 0) is 0 Å². The highest BCUT2D eigenvalue weighted by molar-refractivity contribution is 9.10. The number of thioether (sulfide) groups is 1. The molecule has 88 valence electrons. The summed E-state index contributed by atoms with van der Waals surface area (Å²) >= 11 is 5.19. The summed E-state index contributed by atoms with van der Waals surface area (Å²) in [5.74, 6) is 1.09. The van der Waals surface area contributed by atoms with E-state index in [9.17, 15) is 4.79 Å². The van der Waals surface area contributed by atoms with Crippen molar-refractivity contribution in [3.63, 3.8) is 0 Å². The van der Waals surface area contributed by atoms with Crippen molar-refractivity contribution in [2.75, 3.05) is 18.6 Å². The van der Waals surface area contributed by atoms with Crippen molar-refractivity contribution in [3.05, 3.63) is 33.8 Å². The Kier molecular flexibility index (Phi) is 5.91. The minimum Gasteiger partial charge on any atom is -0.352 e. The van der Waals surface area contributed by atoms with Crippen molar-refractivity contribution in [2.45, 2.75) is 13.3 Å². The van der Waals surface area contributed by atoms with Crippen LogP contribution < -0.4 is 5.32 Å². The van der Waals surface area contributed by atoms with Gasteiger partial charge in [-0.15, -0.1) is 0 Å². The quantitative estimate of drug-likeness (QED) is 0.846. The Bertz CT molecular complexity index is 348. The fourth-order valence-electron chi connectivity index (χ4n) is 1.39. The summed E-state index contributed by atoms with van der Waals surface area (Å²) < 4.78 is 0.946. The van der Waals surface area contributed by atoms with E-state index < -0.39 is 0 Å².